The van der Waals surface area contributed by atoms with Gasteiger partial charge in [-0.05, 0) is 32.6 Å². The summed E-state index contributed by atoms with van der Waals surface area (Å²) >= 11 is 0. The van der Waals surface area contributed by atoms with Crippen molar-refractivity contribution in [3.05, 3.63) is 0 Å². The molecule has 4 nitrogen and oxygen atoms in total. The van der Waals surface area contributed by atoms with Gasteiger partial charge < -0.3 is 19.0 Å². The van der Waals surface area contributed by atoms with Crippen molar-refractivity contribution < 1.29 is 19.0 Å². The normalized spacial score (nSPS) is 14.8. The molecule has 0 bridgehead atoms. The Morgan fingerprint density at radius 1 is 1.31 bits per heavy atom. The first-order valence-electron chi connectivity index (χ1n) is 5.77. The molecule has 0 aliphatic carbocycles. The predicted molar refractivity (Wildman–Crippen MR) is 62.1 cm³/mol. The van der Waals surface area contributed by atoms with Crippen LogP contribution in [0.5, 0.6) is 0 Å². The minimum atomic E-state index is -0.229. The first-order valence-corrected chi connectivity index (χ1v) is 5.77. The maximum Gasteiger partial charge on any atom is 0.157 e. The van der Waals surface area contributed by atoms with E-state index in [-0.39, 0.29) is 18.9 Å². The van der Waals surface area contributed by atoms with E-state index in [1.807, 2.05) is 6.92 Å². The molecule has 2 atom stereocenters. The third-order valence-electron chi connectivity index (χ3n) is 2.35. The molecule has 0 aromatic carbocycles. The van der Waals surface area contributed by atoms with Crippen molar-refractivity contribution in [2.45, 2.75) is 46.3 Å². The van der Waals surface area contributed by atoms with Crippen LogP contribution in [0.15, 0.2) is 0 Å². The molecule has 4 heteroatoms. The number of rotatable bonds is 10. The van der Waals surface area contributed by atoms with E-state index in [4.69, 9.17) is 14.2 Å². The summed E-state index contributed by atoms with van der Waals surface area (Å²) in [5.74, 6) is 0.714. The molecule has 0 spiro atoms. The van der Waals surface area contributed by atoms with Crippen molar-refractivity contribution in [1.29, 1.82) is 0 Å². The third-order valence-corrected chi connectivity index (χ3v) is 2.35. The molecular weight excluding hydrogens is 208 g/mol. The van der Waals surface area contributed by atoms with Gasteiger partial charge in [0, 0.05) is 13.5 Å². The van der Waals surface area contributed by atoms with Crippen LogP contribution >= 0.6 is 0 Å². The number of carbonyl (C=O) groups excluding carboxylic acids is 1. The van der Waals surface area contributed by atoms with Gasteiger partial charge in [0.1, 0.15) is 12.6 Å². The van der Waals surface area contributed by atoms with Gasteiger partial charge in [0.2, 0.25) is 0 Å². The Bertz CT molecular complexity index is 182. The molecule has 0 N–H and O–H groups in total. The lowest BCUT2D eigenvalue weighted by Gasteiger charge is -2.14. The van der Waals surface area contributed by atoms with E-state index >= 15 is 0 Å². The summed E-state index contributed by atoms with van der Waals surface area (Å²) in [4.78, 5) is 10.7. The SMILES string of the molecule is COC(C)OCOCC(C)CCCC(C)=O. The summed E-state index contributed by atoms with van der Waals surface area (Å²) < 4.78 is 15.4. The lowest BCUT2D eigenvalue weighted by Crippen LogP contribution is -2.15. The Kier molecular flexibility index (Phi) is 9.48. The van der Waals surface area contributed by atoms with Gasteiger partial charge >= 0.3 is 0 Å². The van der Waals surface area contributed by atoms with Crippen molar-refractivity contribution in [1.82, 2.24) is 0 Å². The average Bonchev–Trinajstić information content (AvgIpc) is 2.23. The molecule has 0 aliphatic heterocycles. The van der Waals surface area contributed by atoms with E-state index < -0.39 is 0 Å². The first-order chi connectivity index (χ1) is 7.56. The van der Waals surface area contributed by atoms with Crippen molar-refractivity contribution in [3.8, 4) is 0 Å². The quantitative estimate of drug-likeness (QED) is 0.428. The van der Waals surface area contributed by atoms with Gasteiger partial charge in [0.25, 0.3) is 0 Å². The van der Waals surface area contributed by atoms with E-state index in [1.54, 1.807) is 14.0 Å². The maximum absolute atomic E-state index is 10.7. The van der Waals surface area contributed by atoms with Crippen molar-refractivity contribution in [2.24, 2.45) is 5.92 Å². The first kappa shape index (κ1) is 15.6. The topological polar surface area (TPSA) is 44.8 Å². The largest absolute Gasteiger partial charge is 0.356 e. The van der Waals surface area contributed by atoms with Crippen LogP contribution in [0.3, 0.4) is 0 Å². The Labute approximate surface area is 98.3 Å². The van der Waals surface area contributed by atoms with E-state index in [0.717, 1.165) is 12.8 Å². The molecular formula is C12H24O4. The van der Waals surface area contributed by atoms with Crippen molar-refractivity contribution >= 4 is 5.78 Å². The fraction of sp³-hybridized carbons (Fsp3) is 0.917. The van der Waals surface area contributed by atoms with Crippen LogP contribution in [-0.4, -0.2) is 32.6 Å². The zero-order valence-corrected chi connectivity index (χ0v) is 10.8. The smallest absolute Gasteiger partial charge is 0.157 e. The van der Waals surface area contributed by atoms with E-state index in [2.05, 4.69) is 6.92 Å². The Hall–Kier alpha value is -0.450. The summed E-state index contributed by atoms with van der Waals surface area (Å²) in [5.41, 5.74) is 0. The highest BCUT2D eigenvalue weighted by atomic mass is 16.7. The third kappa shape index (κ3) is 10.1. The standard InChI is InChI=1S/C12H24O4/c1-10(6-5-7-11(2)13)8-15-9-16-12(3)14-4/h10,12H,5-9H2,1-4H3. The number of carbonyl (C=O) groups is 1. The summed E-state index contributed by atoms with van der Waals surface area (Å²) in [6, 6.07) is 0. The highest BCUT2D eigenvalue weighted by molar-refractivity contribution is 5.75. The molecule has 0 radical (unpaired) electrons. The molecule has 0 rings (SSSR count). The zero-order valence-electron chi connectivity index (χ0n) is 10.8. The Balaban J connectivity index is 3.30. The molecule has 0 aliphatic rings. The lowest BCUT2D eigenvalue weighted by molar-refractivity contribution is -0.177. The van der Waals surface area contributed by atoms with Crippen LogP contribution in [0.2, 0.25) is 0 Å². The van der Waals surface area contributed by atoms with Crippen LogP contribution < -0.4 is 0 Å². The fourth-order valence-corrected chi connectivity index (χ4v) is 1.24. The van der Waals surface area contributed by atoms with Gasteiger partial charge in [-0.3, -0.25) is 0 Å². The van der Waals surface area contributed by atoms with Gasteiger partial charge in [-0.15, -0.1) is 0 Å². The second kappa shape index (κ2) is 9.75. The molecule has 0 heterocycles. The summed E-state index contributed by atoms with van der Waals surface area (Å²) in [7, 11) is 1.59. The van der Waals surface area contributed by atoms with Crippen molar-refractivity contribution in [3.63, 3.8) is 0 Å². The molecule has 96 valence electrons. The summed E-state index contributed by atoms with van der Waals surface area (Å²) in [6.45, 7) is 6.47. The van der Waals surface area contributed by atoms with Gasteiger partial charge in [0.05, 0.1) is 6.61 Å². The molecule has 16 heavy (non-hydrogen) atoms. The lowest BCUT2D eigenvalue weighted by atomic mass is 10.0. The zero-order chi connectivity index (χ0) is 12.4. The Morgan fingerprint density at radius 3 is 2.56 bits per heavy atom. The second-order valence-electron chi connectivity index (χ2n) is 4.16. The van der Waals surface area contributed by atoms with Crippen LogP contribution in [0.4, 0.5) is 0 Å². The van der Waals surface area contributed by atoms with Gasteiger partial charge in [0.15, 0.2) is 6.29 Å². The second-order valence-corrected chi connectivity index (χ2v) is 4.16. The van der Waals surface area contributed by atoms with E-state index in [9.17, 15) is 4.79 Å². The van der Waals surface area contributed by atoms with Gasteiger partial charge in [-0.2, -0.15) is 0 Å². The highest BCUT2D eigenvalue weighted by Crippen LogP contribution is 2.08. The number of hydrogen-bond donors (Lipinski definition) is 0. The van der Waals surface area contributed by atoms with Crippen molar-refractivity contribution in [2.75, 3.05) is 20.5 Å². The molecule has 0 aromatic heterocycles. The number of ketones is 1. The number of methoxy groups -OCH3 is 1. The van der Waals surface area contributed by atoms with Crippen LogP contribution in [0.1, 0.15) is 40.0 Å². The molecule has 0 fully saturated rings. The number of Topliss-reactive ketones (excluding diaryl/α,β-unsaturated/α-hetero) is 1. The van der Waals surface area contributed by atoms with Crippen LogP contribution in [0, 0.1) is 5.92 Å². The monoisotopic (exact) mass is 232 g/mol. The molecule has 0 amide bonds. The fourth-order valence-electron chi connectivity index (χ4n) is 1.24. The molecule has 0 aromatic rings. The molecule has 0 saturated carbocycles. The minimum Gasteiger partial charge on any atom is -0.356 e. The average molecular weight is 232 g/mol. The summed E-state index contributed by atoms with van der Waals surface area (Å²) in [5, 5.41) is 0. The van der Waals surface area contributed by atoms with Gasteiger partial charge in [-0.25, -0.2) is 0 Å². The maximum atomic E-state index is 10.7. The Morgan fingerprint density at radius 2 is 2.00 bits per heavy atom. The van der Waals surface area contributed by atoms with Crippen LogP contribution in [-0.2, 0) is 19.0 Å². The highest BCUT2D eigenvalue weighted by Gasteiger charge is 2.04. The van der Waals surface area contributed by atoms with E-state index in [0.29, 0.717) is 18.9 Å². The molecule has 2 unspecified atom stereocenters. The number of ether oxygens (including phenoxy) is 3. The van der Waals surface area contributed by atoms with E-state index in [1.165, 1.54) is 0 Å². The predicted octanol–water partition coefficient (Wildman–Crippen LogP) is 2.36. The minimum absolute atomic E-state index is 0.229. The summed E-state index contributed by atoms with van der Waals surface area (Å²) in [6.07, 6.45) is 2.39. The number of hydrogen-bond acceptors (Lipinski definition) is 4. The molecule has 0 saturated heterocycles. The van der Waals surface area contributed by atoms with Crippen LogP contribution in [0.25, 0.3) is 0 Å². The van der Waals surface area contributed by atoms with Gasteiger partial charge in [-0.1, -0.05) is 6.92 Å².